The minimum absolute atomic E-state index is 0.160. The first-order valence-electron chi connectivity index (χ1n) is 6.13. The van der Waals surface area contributed by atoms with Crippen LogP contribution in [0.5, 0.6) is 0 Å². The van der Waals surface area contributed by atoms with Crippen molar-refractivity contribution in [1.82, 2.24) is 0 Å². The lowest BCUT2D eigenvalue weighted by molar-refractivity contribution is -0.137. The molecule has 0 aliphatic heterocycles. The van der Waals surface area contributed by atoms with Gasteiger partial charge in [0.1, 0.15) is 5.82 Å². The molecule has 0 amide bonds. The Labute approximate surface area is 124 Å². The number of benzene rings is 2. The van der Waals surface area contributed by atoms with Crippen molar-refractivity contribution in [3.63, 3.8) is 0 Å². The van der Waals surface area contributed by atoms with Gasteiger partial charge in [0.05, 0.1) is 16.3 Å². The molecule has 0 aromatic heterocycles. The van der Waals surface area contributed by atoms with Gasteiger partial charge in [-0.2, -0.15) is 13.2 Å². The molecule has 2 rings (SSSR count). The molecule has 0 bridgehead atoms. The van der Waals surface area contributed by atoms with Crippen LogP contribution in [0.4, 0.5) is 23.2 Å². The first-order valence-corrected chi connectivity index (χ1v) is 6.51. The molecule has 112 valence electrons. The van der Waals surface area contributed by atoms with E-state index in [0.29, 0.717) is 11.1 Å². The summed E-state index contributed by atoms with van der Waals surface area (Å²) in [5.74, 6) is -0.357. The Morgan fingerprint density at radius 3 is 2.43 bits per heavy atom. The van der Waals surface area contributed by atoms with Crippen LogP contribution >= 0.6 is 11.6 Å². The number of alkyl halides is 3. The Kier molecular flexibility index (Phi) is 4.42. The van der Waals surface area contributed by atoms with Crippen molar-refractivity contribution >= 4 is 17.3 Å². The topological polar surface area (TPSA) is 12.0 Å². The molecule has 0 saturated carbocycles. The van der Waals surface area contributed by atoms with E-state index >= 15 is 0 Å². The van der Waals surface area contributed by atoms with Crippen LogP contribution in [-0.4, -0.2) is 0 Å². The number of aryl methyl sites for hydroxylation is 1. The Morgan fingerprint density at radius 1 is 1.10 bits per heavy atom. The summed E-state index contributed by atoms with van der Waals surface area (Å²) in [4.78, 5) is 0. The van der Waals surface area contributed by atoms with Crippen LogP contribution in [0.15, 0.2) is 36.4 Å². The second kappa shape index (κ2) is 5.93. The summed E-state index contributed by atoms with van der Waals surface area (Å²) in [7, 11) is 0. The van der Waals surface area contributed by atoms with Crippen LogP contribution in [0.3, 0.4) is 0 Å². The fourth-order valence-corrected chi connectivity index (χ4v) is 1.97. The van der Waals surface area contributed by atoms with Crippen LogP contribution in [0.25, 0.3) is 0 Å². The largest absolute Gasteiger partial charge is 0.416 e. The van der Waals surface area contributed by atoms with E-state index in [1.165, 1.54) is 12.1 Å². The fourth-order valence-electron chi connectivity index (χ4n) is 1.78. The molecule has 1 nitrogen and oxygen atoms in total. The molecule has 0 heterocycles. The first kappa shape index (κ1) is 15.6. The van der Waals surface area contributed by atoms with Crippen LogP contribution in [-0.2, 0) is 12.7 Å². The van der Waals surface area contributed by atoms with Gasteiger partial charge in [-0.3, -0.25) is 0 Å². The maximum absolute atomic E-state index is 13.4. The lowest BCUT2D eigenvalue weighted by atomic mass is 10.1. The van der Waals surface area contributed by atoms with Gasteiger partial charge in [-0.25, -0.2) is 4.39 Å². The summed E-state index contributed by atoms with van der Waals surface area (Å²) < 4.78 is 51.3. The molecule has 0 fully saturated rings. The molecular formula is C15H12ClF4N. The van der Waals surface area contributed by atoms with Crippen molar-refractivity contribution in [3.8, 4) is 0 Å². The lowest BCUT2D eigenvalue weighted by Gasteiger charge is -2.12. The lowest BCUT2D eigenvalue weighted by Crippen LogP contribution is -2.07. The summed E-state index contributed by atoms with van der Waals surface area (Å²) in [6.07, 6.45) is -4.43. The minimum Gasteiger partial charge on any atom is -0.380 e. The molecule has 2 aromatic rings. The molecular weight excluding hydrogens is 306 g/mol. The number of hydrogen-bond donors (Lipinski definition) is 1. The number of rotatable bonds is 3. The third kappa shape index (κ3) is 3.88. The summed E-state index contributed by atoms with van der Waals surface area (Å²) >= 11 is 5.87. The van der Waals surface area contributed by atoms with Crippen LogP contribution < -0.4 is 5.32 Å². The molecule has 1 N–H and O–H groups in total. The minimum atomic E-state index is -4.43. The Bertz CT molecular complexity index is 653. The summed E-state index contributed by atoms with van der Waals surface area (Å²) in [5.41, 5.74) is 0.499. The van der Waals surface area contributed by atoms with Gasteiger partial charge in [0.15, 0.2) is 0 Å². The number of anilines is 1. The molecule has 21 heavy (non-hydrogen) atoms. The predicted molar refractivity (Wildman–Crippen MR) is 74.9 cm³/mol. The first-order chi connectivity index (χ1) is 9.77. The van der Waals surface area contributed by atoms with E-state index in [4.69, 9.17) is 11.6 Å². The number of nitrogens with one attached hydrogen (secondary N) is 1. The third-order valence-electron chi connectivity index (χ3n) is 3.01. The van der Waals surface area contributed by atoms with Crippen molar-refractivity contribution in [1.29, 1.82) is 0 Å². The van der Waals surface area contributed by atoms with Gasteiger partial charge < -0.3 is 5.32 Å². The normalized spacial score (nSPS) is 11.5. The fraction of sp³-hybridized carbons (Fsp3) is 0.200. The molecule has 0 atom stereocenters. The average Bonchev–Trinajstić information content (AvgIpc) is 2.40. The second-order valence-corrected chi connectivity index (χ2v) is 5.04. The molecule has 6 heteroatoms. The van der Waals surface area contributed by atoms with Crippen molar-refractivity contribution in [2.24, 2.45) is 0 Å². The van der Waals surface area contributed by atoms with Crippen LogP contribution in [0, 0.1) is 12.7 Å². The molecule has 0 aliphatic rings. The molecule has 0 radical (unpaired) electrons. The van der Waals surface area contributed by atoms with Crippen molar-refractivity contribution in [2.45, 2.75) is 19.6 Å². The highest BCUT2D eigenvalue weighted by Crippen LogP contribution is 2.33. The maximum Gasteiger partial charge on any atom is 0.416 e. The van der Waals surface area contributed by atoms with Gasteiger partial charge in [0.2, 0.25) is 0 Å². The molecule has 0 spiro atoms. The number of halogens is 5. The Balaban J connectivity index is 2.17. The predicted octanol–water partition coefficient (Wildman–Crippen LogP) is 5.42. The summed E-state index contributed by atoms with van der Waals surface area (Å²) in [5, 5.41) is 2.97. The van der Waals surface area contributed by atoms with E-state index in [1.807, 2.05) is 0 Å². The SMILES string of the molecule is Cc1ccc(CNc2cc(C(F)(F)F)ccc2Cl)cc1F. The van der Waals surface area contributed by atoms with Gasteiger partial charge in [0, 0.05) is 6.54 Å². The summed E-state index contributed by atoms with van der Waals surface area (Å²) in [6.45, 7) is 1.81. The van der Waals surface area contributed by atoms with Crippen molar-refractivity contribution in [3.05, 3.63) is 63.9 Å². The van der Waals surface area contributed by atoms with Crippen LogP contribution in [0.1, 0.15) is 16.7 Å². The van der Waals surface area contributed by atoms with E-state index < -0.39 is 11.7 Å². The van der Waals surface area contributed by atoms with E-state index in [-0.39, 0.29) is 23.1 Å². The molecule has 0 aliphatic carbocycles. The van der Waals surface area contributed by atoms with Gasteiger partial charge in [-0.05, 0) is 42.3 Å². The summed E-state index contributed by atoms with van der Waals surface area (Å²) in [6, 6.07) is 7.69. The zero-order chi connectivity index (χ0) is 15.6. The average molecular weight is 318 g/mol. The maximum atomic E-state index is 13.4. The molecule has 0 unspecified atom stereocenters. The standard InChI is InChI=1S/C15H12ClF4N/c1-9-2-3-10(6-13(9)17)8-21-14-7-11(15(18,19)20)4-5-12(14)16/h2-7,21H,8H2,1H3. The quantitative estimate of drug-likeness (QED) is 0.745. The van der Waals surface area contributed by atoms with Gasteiger partial charge in [-0.1, -0.05) is 23.7 Å². The van der Waals surface area contributed by atoms with Gasteiger partial charge >= 0.3 is 6.18 Å². The van der Waals surface area contributed by atoms with Gasteiger partial charge in [0.25, 0.3) is 0 Å². The van der Waals surface area contributed by atoms with Crippen molar-refractivity contribution < 1.29 is 17.6 Å². The molecule has 0 saturated heterocycles. The Morgan fingerprint density at radius 2 is 1.81 bits per heavy atom. The monoisotopic (exact) mass is 317 g/mol. The highest BCUT2D eigenvalue weighted by Gasteiger charge is 2.30. The molecule has 2 aromatic carbocycles. The second-order valence-electron chi connectivity index (χ2n) is 4.63. The highest BCUT2D eigenvalue weighted by atomic mass is 35.5. The zero-order valence-electron chi connectivity index (χ0n) is 11.1. The number of hydrogen-bond acceptors (Lipinski definition) is 1. The van der Waals surface area contributed by atoms with E-state index in [9.17, 15) is 17.6 Å². The van der Waals surface area contributed by atoms with E-state index in [1.54, 1.807) is 19.1 Å². The smallest absolute Gasteiger partial charge is 0.380 e. The third-order valence-corrected chi connectivity index (χ3v) is 3.34. The van der Waals surface area contributed by atoms with Crippen molar-refractivity contribution in [2.75, 3.05) is 5.32 Å². The van der Waals surface area contributed by atoms with E-state index in [0.717, 1.165) is 12.1 Å². The highest BCUT2D eigenvalue weighted by molar-refractivity contribution is 6.33. The van der Waals surface area contributed by atoms with Crippen LogP contribution in [0.2, 0.25) is 5.02 Å². The Hall–Kier alpha value is -1.75. The van der Waals surface area contributed by atoms with E-state index in [2.05, 4.69) is 5.32 Å². The van der Waals surface area contributed by atoms with Gasteiger partial charge in [-0.15, -0.1) is 0 Å². The zero-order valence-corrected chi connectivity index (χ0v) is 11.8.